The van der Waals surface area contributed by atoms with Gasteiger partial charge in [0.05, 0.1) is 12.4 Å². The Kier molecular flexibility index (Phi) is 3.70. The van der Waals surface area contributed by atoms with Gasteiger partial charge in [-0.1, -0.05) is 6.42 Å². The summed E-state index contributed by atoms with van der Waals surface area (Å²) in [7, 11) is -3.11. The molecule has 0 radical (unpaired) electrons. The van der Waals surface area contributed by atoms with Crippen molar-refractivity contribution in [3.05, 3.63) is 0 Å². The Bertz CT molecular complexity index is 250. The average molecular weight is 207 g/mol. The molecule has 0 aromatic carbocycles. The van der Waals surface area contributed by atoms with Crippen LogP contribution in [0.3, 0.4) is 0 Å². The summed E-state index contributed by atoms with van der Waals surface area (Å²) >= 11 is 0. The van der Waals surface area contributed by atoms with Gasteiger partial charge in [-0.2, -0.15) is 4.31 Å². The lowest BCUT2D eigenvalue weighted by Gasteiger charge is -2.33. The number of piperidine rings is 1. The molecular formula is C8H17NO3S. The van der Waals surface area contributed by atoms with Gasteiger partial charge in [0.15, 0.2) is 0 Å². The molecule has 1 fully saturated rings. The van der Waals surface area contributed by atoms with Crippen molar-refractivity contribution in [2.45, 2.75) is 32.2 Å². The third kappa shape index (κ3) is 2.42. The van der Waals surface area contributed by atoms with E-state index in [1.54, 1.807) is 6.92 Å². The Hall–Kier alpha value is -0.130. The monoisotopic (exact) mass is 207 g/mol. The second-order valence-corrected chi connectivity index (χ2v) is 5.55. The lowest BCUT2D eigenvalue weighted by molar-refractivity contribution is 0.155. The molecule has 1 atom stereocenters. The summed E-state index contributed by atoms with van der Waals surface area (Å²) in [6.07, 6.45) is 2.71. The smallest absolute Gasteiger partial charge is 0.214 e. The summed E-state index contributed by atoms with van der Waals surface area (Å²) in [5.74, 6) is 0.128. The van der Waals surface area contributed by atoms with Gasteiger partial charge in [0.1, 0.15) is 0 Å². The topological polar surface area (TPSA) is 57.6 Å². The van der Waals surface area contributed by atoms with Crippen molar-refractivity contribution < 1.29 is 13.5 Å². The molecule has 1 heterocycles. The Morgan fingerprint density at radius 3 is 2.69 bits per heavy atom. The van der Waals surface area contributed by atoms with E-state index in [0.717, 1.165) is 19.3 Å². The summed E-state index contributed by atoms with van der Waals surface area (Å²) in [5, 5.41) is 9.01. The van der Waals surface area contributed by atoms with Crippen molar-refractivity contribution in [3.8, 4) is 0 Å². The third-order valence-electron chi connectivity index (χ3n) is 2.51. The molecule has 1 aliphatic heterocycles. The van der Waals surface area contributed by atoms with E-state index in [4.69, 9.17) is 5.11 Å². The highest BCUT2D eigenvalue weighted by Gasteiger charge is 2.30. The molecule has 0 amide bonds. The molecule has 1 N–H and O–H groups in total. The van der Waals surface area contributed by atoms with E-state index >= 15 is 0 Å². The average Bonchev–Trinajstić information content (AvgIpc) is 2.18. The van der Waals surface area contributed by atoms with Crippen LogP contribution in [-0.4, -0.2) is 42.8 Å². The van der Waals surface area contributed by atoms with Crippen LogP contribution in [0.2, 0.25) is 0 Å². The van der Waals surface area contributed by atoms with Gasteiger partial charge in [0, 0.05) is 12.6 Å². The molecule has 0 spiro atoms. The van der Waals surface area contributed by atoms with E-state index in [1.165, 1.54) is 4.31 Å². The first-order valence-corrected chi connectivity index (χ1v) is 6.33. The Morgan fingerprint density at radius 1 is 1.46 bits per heavy atom. The summed E-state index contributed by atoms with van der Waals surface area (Å²) in [4.78, 5) is 0. The quantitative estimate of drug-likeness (QED) is 0.718. The van der Waals surface area contributed by atoms with Gasteiger partial charge >= 0.3 is 0 Å². The lowest BCUT2D eigenvalue weighted by atomic mass is 10.1. The highest BCUT2D eigenvalue weighted by atomic mass is 32.2. The largest absolute Gasteiger partial charge is 0.395 e. The maximum Gasteiger partial charge on any atom is 0.214 e. The number of sulfonamides is 1. The third-order valence-corrected chi connectivity index (χ3v) is 4.43. The van der Waals surface area contributed by atoms with Crippen LogP contribution in [0.5, 0.6) is 0 Å². The van der Waals surface area contributed by atoms with Gasteiger partial charge in [-0.3, -0.25) is 0 Å². The van der Waals surface area contributed by atoms with Gasteiger partial charge in [-0.25, -0.2) is 8.42 Å². The van der Waals surface area contributed by atoms with E-state index in [2.05, 4.69) is 0 Å². The van der Waals surface area contributed by atoms with E-state index in [-0.39, 0.29) is 18.4 Å². The molecule has 1 saturated heterocycles. The molecule has 0 bridgehead atoms. The Morgan fingerprint density at radius 2 is 2.15 bits per heavy atom. The van der Waals surface area contributed by atoms with Gasteiger partial charge in [-0.15, -0.1) is 0 Å². The van der Waals surface area contributed by atoms with E-state index in [0.29, 0.717) is 6.54 Å². The maximum atomic E-state index is 11.5. The van der Waals surface area contributed by atoms with Crippen LogP contribution in [0.1, 0.15) is 26.2 Å². The van der Waals surface area contributed by atoms with Crippen LogP contribution in [0.15, 0.2) is 0 Å². The number of nitrogens with zero attached hydrogens (tertiary/aromatic N) is 1. The van der Waals surface area contributed by atoms with Crippen molar-refractivity contribution in [1.82, 2.24) is 4.31 Å². The van der Waals surface area contributed by atoms with Crippen LogP contribution < -0.4 is 0 Å². The van der Waals surface area contributed by atoms with Gasteiger partial charge in [0.25, 0.3) is 0 Å². The first-order chi connectivity index (χ1) is 6.11. The number of rotatable bonds is 3. The summed E-state index contributed by atoms with van der Waals surface area (Å²) in [6.45, 7) is 2.15. The zero-order valence-corrected chi connectivity index (χ0v) is 8.76. The molecule has 1 unspecified atom stereocenters. The maximum absolute atomic E-state index is 11.5. The number of aliphatic hydroxyl groups excluding tert-OH is 1. The second-order valence-electron chi connectivity index (χ2n) is 3.34. The molecule has 0 saturated carbocycles. The Balaban J connectivity index is 2.75. The molecule has 13 heavy (non-hydrogen) atoms. The van der Waals surface area contributed by atoms with Crippen LogP contribution in [0.4, 0.5) is 0 Å². The van der Waals surface area contributed by atoms with Crippen molar-refractivity contribution in [1.29, 1.82) is 0 Å². The number of aliphatic hydroxyl groups is 1. The molecule has 0 aliphatic carbocycles. The molecular weight excluding hydrogens is 190 g/mol. The minimum absolute atomic E-state index is 0.0563. The lowest BCUT2D eigenvalue weighted by Crippen LogP contribution is -2.46. The molecule has 1 aliphatic rings. The van der Waals surface area contributed by atoms with Crippen LogP contribution in [0.25, 0.3) is 0 Å². The predicted molar refractivity (Wildman–Crippen MR) is 50.9 cm³/mol. The summed E-state index contributed by atoms with van der Waals surface area (Å²) in [5.41, 5.74) is 0. The zero-order chi connectivity index (χ0) is 9.90. The van der Waals surface area contributed by atoms with E-state index in [9.17, 15) is 8.42 Å². The normalized spacial score (nSPS) is 26.2. The van der Waals surface area contributed by atoms with Crippen LogP contribution in [-0.2, 0) is 10.0 Å². The van der Waals surface area contributed by atoms with Gasteiger partial charge in [0.2, 0.25) is 10.0 Å². The van der Waals surface area contributed by atoms with Gasteiger partial charge < -0.3 is 5.11 Å². The van der Waals surface area contributed by atoms with Crippen LogP contribution >= 0.6 is 0 Å². The second kappa shape index (κ2) is 4.39. The highest BCUT2D eigenvalue weighted by Crippen LogP contribution is 2.20. The summed E-state index contributed by atoms with van der Waals surface area (Å²) in [6, 6.07) is -0.182. The van der Waals surface area contributed by atoms with E-state index in [1.807, 2.05) is 0 Å². The first-order valence-electron chi connectivity index (χ1n) is 4.72. The number of hydrogen-bond acceptors (Lipinski definition) is 3. The number of hydrogen-bond donors (Lipinski definition) is 1. The SMILES string of the molecule is CCS(=O)(=O)N1CCCCC1CO. The molecule has 0 aromatic rings. The van der Waals surface area contributed by atoms with Crippen molar-refractivity contribution in [3.63, 3.8) is 0 Å². The van der Waals surface area contributed by atoms with Crippen molar-refractivity contribution in [2.75, 3.05) is 18.9 Å². The first kappa shape index (κ1) is 10.9. The highest BCUT2D eigenvalue weighted by molar-refractivity contribution is 7.89. The zero-order valence-electron chi connectivity index (χ0n) is 7.94. The predicted octanol–water partition coefficient (Wildman–Crippen LogP) is 0.183. The van der Waals surface area contributed by atoms with Crippen LogP contribution in [0, 0.1) is 0 Å². The van der Waals surface area contributed by atoms with Crippen molar-refractivity contribution in [2.24, 2.45) is 0 Å². The minimum Gasteiger partial charge on any atom is -0.395 e. The van der Waals surface area contributed by atoms with Gasteiger partial charge in [-0.05, 0) is 19.8 Å². The fourth-order valence-electron chi connectivity index (χ4n) is 1.69. The van der Waals surface area contributed by atoms with E-state index < -0.39 is 10.0 Å². The molecule has 4 nitrogen and oxygen atoms in total. The van der Waals surface area contributed by atoms with Crippen molar-refractivity contribution >= 4 is 10.0 Å². The standard InChI is InChI=1S/C8H17NO3S/c1-2-13(11,12)9-6-4-3-5-8(9)7-10/h8,10H,2-7H2,1H3. The Labute approximate surface area is 79.6 Å². The fraction of sp³-hybridized carbons (Fsp3) is 1.00. The minimum atomic E-state index is -3.11. The molecule has 5 heteroatoms. The fourth-order valence-corrected chi connectivity index (χ4v) is 3.05. The summed E-state index contributed by atoms with van der Waals surface area (Å²) < 4.78 is 24.5. The molecule has 0 aromatic heterocycles. The molecule has 78 valence electrons. The molecule has 1 rings (SSSR count).